The van der Waals surface area contributed by atoms with Gasteiger partial charge in [0.05, 0.1) is 33.0 Å². The molecule has 0 amide bonds. The molecular weight excluding hydrogens is 410 g/mol. The van der Waals surface area contributed by atoms with E-state index >= 15 is 0 Å². The number of thiophene rings is 1. The Bertz CT molecular complexity index is 1060. The molecule has 2 N–H and O–H groups in total. The molecule has 1 atom stereocenters. The number of carbonyl (C=O) groups excluding carboxylic acids is 1. The van der Waals surface area contributed by atoms with Gasteiger partial charge in [-0.25, -0.2) is 9.67 Å². The van der Waals surface area contributed by atoms with Crippen molar-refractivity contribution in [1.29, 1.82) is 0 Å². The summed E-state index contributed by atoms with van der Waals surface area (Å²) in [4.78, 5) is 17.9. The Kier molecular flexibility index (Phi) is 6.29. The number of ketones is 1. The summed E-state index contributed by atoms with van der Waals surface area (Å²) in [6.45, 7) is 9.29. The van der Waals surface area contributed by atoms with Gasteiger partial charge in [-0.05, 0) is 52.2 Å². The van der Waals surface area contributed by atoms with E-state index in [1.165, 1.54) is 0 Å². The highest BCUT2D eigenvalue weighted by Crippen LogP contribution is 2.39. The highest BCUT2D eigenvalue weighted by Gasteiger charge is 2.22. The summed E-state index contributed by atoms with van der Waals surface area (Å²) >= 11 is 1.67. The minimum atomic E-state index is -0.118. The first-order valence-corrected chi connectivity index (χ1v) is 11.8. The van der Waals surface area contributed by atoms with Gasteiger partial charge in [-0.1, -0.05) is 6.92 Å². The van der Waals surface area contributed by atoms with Gasteiger partial charge in [-0.3, -0.25) is 4.79 Å². The van der Waals surface area contributed by atoms with E-state index in [0.717, 1.165) is 58.2 Å². The first-order chi connectivity index (χ1) is 14.8. The number of hydrogen-bond donors (Lipinski definition) is 2. The summed E-state index contributed by atoms with van der Waals surface area (Å²) in [5.74, 6) is 0.972. The van der Waals surface area contributed by atoms with E-state index in [2.05, 4.69) is 42.6 Å². The smallest absolute Gasteiger partial charge is 0.151 e. The number of nitrogens with one attached hydrogen (secondary N) is 2. The van der Waals surface area contributed by atoms with Gasteiger partial charge in [-0.2, -0.15) is 5.10 Å². The summed E-state index contributed by atoms with van der Waals surface area (Å²) in [5, 5.41) is 11.3. The summed E-state index contributed by atoms with van der Waals surface area (Å²) in [5.41, 5.74) is 2.75. The van der Waals surface area contributed by atoms with E-state index in [9.17, 15) is 4.79 Å². The zero-order valence-corrected chi connectivity index (χ0v) is 19.5. The van der Waals surface area contributed by atoms with Gasteiger partial charge in [0.2, 0.25) is 0 Å². The lowest BCUT2D eigenvalue weighted by molar-refractivity contribution is -0.117. The minimum absolute atomic E-state index is 0.0187. The normalized spacial score (nSPS) is 17.1. The molecule has 7 nitrogen and oxygen atoms in total. The summed E-state index contributed by atoms with van der Waals surface area (Å²) in [7, 11) is 0. The van der Waals surface area contributed by atoms with Crippen molar-refractivity contribution in [3.05, 3.63) is 24.4 Å². The van der Waals surface area contributed by atoms with Crippen molar-refractivity contribution in [3.8, 4) is 10.6 Å². The molecule has 4 heterocycles. The van der Waals surface area contributed by atoms with E-state index in [0.29, 0.717) is 13.0 Å². The fourth-order valence-electron chi connectivity index (χ4n) is 3.70. The second-order valence-corrected chi connectivity index (χ2v) is 10.0. The number of carbonyl (C=O) groups is 1. The predicted molar refractivity (Wildman–Crippen MR) is 127 cm³/mol. The number of pyridine rings is 1. The molecule has 3 aromatic heterocycles. The molecule has 0 saturated carbocycles. The van der Waals surface area contributed by atoms with Crippen LogP contribution in [0.5, 0.6) is 0 Å². The van der Waals surface area contributed by atoms with E-state index in [4.69, 9.17) is 9.72 Å². The Balaban J connectivity index is 1.73. The molecule has 166 valence electrons. The largest absolute Gasteiger partial charge is 0.377 e. The van der Waals surface area contributed by atoms with Gasteiger partial charge in [0.15, 0.2) is 12.0 Å². The Labute approximate surface area is 187 Å². The Morgan fingerprint density at radius 2 is 2.16 bits per heavy atom. The molecule has 1 unspecified atom stereocenters. The van der Waals surface area contributed by atoms with E-state index < -0.39 is 0 Å². The second kappa shape index (κ2) is 8.96. The molecule has 1 aliphatic heterocycles. The average Bonchev–Trinajstić information content (AvgIpc) is 3.38. The van der Waals surface area contributed by atoms with Crippen LogP contribution in [0.3, 0.4) is 0 Å². The molecule has 1 saturated heterocycles. The molecular formula is C23H31N5O2S. The molecule has 8 heteroatoms. The van der Waals surface area contributed by atoms with Crippen LogP contribution in [0.25, 0.3) is 20.8 Å². The molecule has 4 rings (SSSR count). The number of rotatable bonds is 7. The van der Waals surface area contributed by atoms with Gasteiger partial charge in [0.1, 0.15) is 5.82 Å². The van der Waals surface area contributed by atoms with Gasteiger partial charge in [0, 0.05) is 30.8 Å². The number of Topliss-reactive ketones (excluding diaryl/α,β-unsaturated/α-hetero) is 1. The van der Waals surface area contributed by atoms with Crippen molar-refractivity contribution < 1.29 is 9.53 Å². The zero-order chi connectivity index (χ0) is 22.0. The number of anilines is 2. The third-order valence-corrected chi connectivity index (χ3v) is 6.38. The molecule has 31 heavy (non-hydrogen) atoms. The standard InChI is InChI=1S/C23H31N5O2S/c1-5-15(29)14-24-16-13-20(27-23(2,3)4)26-17-12-19(31-22(16)17)18-9-10-25-28(18)21-8-6-7-11-30-21/h9-10,12-13,21H,5-8,11,14H2,1-4H3,(H2,24,26,27). The van der Waals surface area contributed by atoms with Gasteiger partial charge in [0.25, 0.3) is 0 Å². The van der Waals surface area contributed by atoms with Crippen LogP contribution in [-0.4, -0.2) is 39.2 Å². The van der Waals surface area contributed by atoms with Gasteiger partial charge in [-0.15, -0.1) is 11.3 Å². The Morgan fingerprint density at radius 1 is 1.32 bits per heavy atom. The molecule has 0 radical (unpaired) electrons. The Morgan fingerprint density at radius 3 is 2.87 bits per heavy atom. The number of nitrogens with zero attached hydrogens (tertiary/aromatic N) is 3. The summed E-state index contributed by atoms with van der Waals surface area (Å²) in [6, 6.07) is 6.14. The topological polar surface area (TPSA) is 81.1 Å². The quantitative estimate of drug-likeness (QED) is 0.507. The van der Waals surface area contributed by atoms with Crippen molar-refractivity contribution in [2.75, 3.05) is 23.8 Å². The highest BCUT2D eigenvalue weighted by atomic mass is 32.1. The van der Waals surface area contributed by atoms with Crippen LogP contribution in [0.15, 0.2) is 24.4 Å². The van der Waals surface area contributed by atoms with E-state index in [1.54, 1.807) is 11.3 Å². The SMILES string of the molecule is CCC(=O)CNc1cc(NC(C)(C)C)nc2cc(-c3ccnn3C3CCCCO3)sc12. The third-order valence-electron chi connectivity index (χ3n) is 5.20. The predicted octanol–water partition coefficient (Wildman–Crippen LogP) is 5.46. The van der Waals surface area contributed by atoms with Crippen molar-refractivity contribution >= 4 is 38.8 Å². The lowest BCUT2D eigenvalue weighted by Gasteiger charge is -2.24. The lowest BCUT2D eigenvalue weighted by Crippen LogP contribution is -2.26. The Hall–Kier alpha value is -2.45. The number of hydrogen-bond acceptors (Lipinski definition) is 7. The third kappa shape index (κ3) is 5.07. The van der Waals surface area contributed by atoms with Crippen LogP contribution < -0.4 is 10.6 Å². The van der Waals surface area contributed by atoms with E-state index in [1.807, 2.05) is 29.9 Å². The molecule has 0 aliphatic carbocycles. The first-order valence-electron chi connectivity index (χ1n) is 11.0. The average molecular weight is 442 g/mol. The van der Waals surface area contributed by atoms with Crippen LogP contribution >= 0.6 is 11.3 Å². The molecule has 1 fully saturated rings. The van der Waals surface area contributed by atoms with Crippen molar-refractivity contribution in [3.63, 3.8) is 0 Å². The number of ether oxygens (including phenoxy) is 1. The second-order valence-electron chi connectivity index (χ2n) is 8.98. The molecule has 0 bridgehead atoms. The zero-order valence-electron chi connectivity index (χ0n) is 18.7. The van der Waals surface area contributed by atoms with E-state index in [-0.39, 0.29) is 17.6 Å². The maximum atomic E-state index is 11.9. The van der Waals surface area contributed by atoms with Crippen LogP contribution in [0.1, 0.15) is 59.6 Å². The summed E-state index contributed by atoms with van der Waals surface area (Å²) < 4.78 is 8.99. The monoisotopic (exact) mass is 441 g/mol. The lowest BCUT2D eigenvalue weighted by atomic mass is 10.1. The first kappa shape index (κ1) is 21.8. The fourth-order valence-corrected chi connectivity index (χ4v) is 4.81. The van der Waals surface area contributed by atoms with Crippen LogP contribution in [-0.2, 0) is 9.53 Å². The van der Waals surface area contributed by atoms with Crippen LogP contribution in [0.2, 0.25) is 0 Å². The van der Waals surface area contributed by atoms with Crippen molar-refractivity contribution in [2.45, 2.75) is 65.1 Å². The number of aromatic nitrogens is 3. The molecule has 3 aromatic rings. The summed E-state index contributed by atoms with van der Waals surface area (Å²) in [6.07, 6.45) is 5.56. The van der Waals surface area contributed by atoms with Crippen molar-refractivity contribution in [2.24, 2.45) is 0 Å². The highest BCUT2D eigenvalue weighted by molar-refractivity contribution is 7.22. The van der Waals surface area contributed by atoms with Crippen molar-refractivity contribution in [1.82, 2.24) is 14.8 Å². The maximum Gasteiger partial charge on any atom is 0.151 e. The molecule has 0 spiro atoms. The van der Waals surface area contributed by atoms with Crippen LogP contribution in [0, 0.1) is 0 Å². The molecule has 0 aromatic carbocycles. The maximum absolute atomic E-state index is 11.9. The molecule has 1 aliphatic rings. The fraction of sp³-hybridized carbons (Fsp3) is 0.522. The van der Waals surface area contributed by atoms with Crippen LogP contribution in [0.4, 0.5) is 11.5 Å². The number of fused-ring (bicyclic) bond motifs is 1. The van der Waals surface area contributed by atoms with Gasteiger partial charge < -0.3 is 15.4 Å². The minimum Gasteiger partial charge on any atom is -0.377 e. The van der Waals surface area contributed by atoms with Gasteiger partial charge >= 0.3 is 0 Å².